The van der Waals surface area contributed by atoms with Crippen molar-refractivity contribution in [1.29, 1.82) is 0 Å². The van der Waals surface area contributed by atoms with Crippen LogP contribution in [0.4, 0.5) is 4.39 Å². The monoisotopic (exact) mass is 257 g/mol. The van der Waals surface area contributed by atoms with Gasteiger partial charge in [0.1, 0.15) is 18.0 Å². The Morgan fingerprint density at radius 1 is 1.53 bits per heavy atom. The zero-order valence-electron chi connectivity index (χ0n) is 9.88. The minimum atomic E-state index is -0.967. The third-order valence-electron chi connectivity index (χ3n) is 3.03. The fourth-order valence-corrected chi connectivity index (χ4v) is 2.20. The second-order valence-electron chi connectivity index (χ2n) is 4.28. The highest BCUT2D eigenvalue weighted by Crippen LogP contribution is 2.28. The molecule has 2 nitrogen and oxygen atoms in total. The number of halogens is 2. The van der Waals surface area contributed by atoms with E-state index in [4.69, 9.17) is 16.3 Å². The molecule has 1 aromatic carbocycles. The van der Waals surface area contributed by atoms with Crippen LogP contribution in [0.5, 0.6) is 5.75 Å². The normalized spacial score (nSPS) is 24.6. The van der Waals surface area contributed by atoms with Crippen LogP contribution in [-0.4, -0.2) is 25.4 Å². The SMILES string of the molecule is CCc1ccc(O[C@H]2CCNC[C@@H]2F)c(Cl)c1. The highest BCUT2D eigenvalue weighted by atomic mass is 35.5. The highest BCUT2D eigenvalue weighted by molar-refractivity contribution is 6.32. The summed E-state index contributed by atoms with van der Waals surface area (Å²) < 4.78 is 19.2. The van der Waals surface area contributed by atoms with Gasteiger partial charge in [-0.1, -0.05) is 24.6 Å². The van der Waals surface area contributed by atoms with Crippen LogP contribution < -0.4 is 10.1 Å². The standard InChI is InChI=1S/C13H17ClFNO/c1-2-9-3-4-12(10(14)7-9)17-13-5-6-16-8-11(13)15/h3-4,7,11,13,16H,2,5-6,8H2,1H3/t11-,13-/m0/s1. The highest BCUT2D eigenvalue weighted by Gasteiger charge is 2.26. The molecule has 0 unspecified atom stereocenters. The van der Waals surface area contributed by atoms with Crippen LogP contribution >= 0.6 is 11.6 Å². The third kappa shape index (κ3) is 3.11. The molecule has 0 saturated carbocycles. The van der Waals surface area contributed by atoms with E-state index in [0.29, 0.717) is 23.7 Å². The lowest BCUT2D eigenvalue weighted by Crippen LogP contribution is -2.44. The lowest BCUT2D eigenvalue weighted by Gasteiger charge is -2.27. The number of nitrogens with one attached hydrogen (secondary N) is 1. The number of benzene rings is 1. The zero-order chi connectivity index (χ0) is 12.3. The Morgan fingerprint density at radius 3 is 3.00 bits per heavy atom. The van der Waals surface area contributed by atoms with E-state index in [0.717, 1.165) is 18.5 Å². The van der Waals surface area contributed by atoms with Crippen molar-refractivity contribution in [2.24, 2.45) is 0 Å². The molecule has 1 aromatic rings. The number of rotatable bonds is 3. The first kappa shape index (κ1) is 12.7. The maximum Gasteiger partial charge on any atom is 0.149 e. The fraction of sp³-hybridized carbons (Fsp3) is 0.538. The zero-order valence-corrected chi connectivity index (χ0v) is 10.6. The van der Waals surface area contributed by atoms with E-state index < -0.39 is 6.17 Å². The van der Waals surface area contributed by atoms with Crippen LogP contribution in [-0.2, 0) is 6.42 Å². The number of alkyl halides is 1. The topological polar surface area (TPSA) is 21.3 Å². The maximum atomic E-state index is 13.6. The molecule has 0 aliphatic carbocycles. The first-order valence-electron chi connectivity index (χ1n) is 6.00. The van der Waals surface area contributed by atoms with E-state index >= 15 is 0 Å². The van der Waals surface area contributed by atoms with Crippen LogP contribution in [0.15, 0.2) is 18.2 Å². The molecule has 0 spiro atoms. The molecule has 2 rings (SSSR count). The van der Waals surface area contributed by atoms with Gasteiger partial charge in [-0.25, -0.2) is 4.39 Å². The van der Waals surface area contributed by atoms with E-state index in [1.165, 1.54) is 0 Å². The minimum Gasteiger partial charge on any atom is -0.486 e. The summed E-state index contributed by atoms with van der Waals surface area (Å²) in [6.07, 6.45) is 0.249. The van der Waals surface area contributed by atoms with Crippen LogP contribution in [0.25, 0.3) is 0 Å². The summed E-state index contributed by atoms with van der Waals surface area (Å²) in [5.74, 6) is 0.582. The van der Waals surface area contributed by atoms with Crippen molar-refractivity contribution >= 4 is 11.6 Å². The number of aryl methyl sites for hydroxylation is 1. The van der Waals surface area contributed by atoms with Gasteiger partial charge < -0.3 is 10.1 Å². The second kappa shape index (κ2) is 5.69. The van der Waals surface area contributed by atoms with Crippen molar-refractivity contribution in [2.75, 3.05) is 13.1 Å². The van der Waals surface area contributed by atoms with E-state index in [9.17, 15) is 4.39 Å². The molecule has 0 aromatic heterocycles. The Morgan fingerprint density at radius 2 is 2.35 bits per heavy atom. The molecule has 1 saturated heterocycles. The Kier molecular flexibility index (Phi) is 4.24. The molecule has 0 radical (unpaired) electrons. The summed E-state index contributed by atoms with van der Waals surface area (Å²) >= 11 is 6.11. The Balaban J connectivity index is 2.07. The predicted molar refractivity (Wildman–Crippen MR) is 67.6 cm³/mol. The molecule has 0 bridgehead atoms. The lowest BCUT2D eigenvalue weighted by molar-refractivity contribution is 0.0732. The molecule has 0 amide bonds. The van der Waals surface area contributed by atoms with Gasteiger partial charge in [-0.15, -0.1) is 0 Å². The van der Waals surface area contributed by atoms with Crippen LogP contribution in [0.1, 0.15) is 18.9 Å². The van der Waals surface area contributed by atoms with Gasteiger partial charge in [-0.05, 0) is 37.1 Å². The Labute approximate surface area is 106 Å². The summed E-state index contributed by atoms with van der Waals surface area (Å²) in [7, 11) is 0. The molecular formula is C13H17ClFNO. The first-order chi connectivity index (χ1) is 8.20. The quantitative estimate of drug-likeness (QED) is 0.899. The summed E-state index contributed by atoms with van der Waals surface area (Å²) in [6, 6.07) is 5.68. The largest absolute Gasteiger partial charge is 0.486 e. The van der Waals surface area contributed by atoms with Crippen LogP contribution in [0.2, 0.25) is 5.02 Å². The van der Waals surface area contributed by atoms with Crippen molar-refractivity contribution < 1.29 is 9.13 Å². The Hall–Kier alpha value is -0.800. The fourth-order valence-electron chi connectivity index (χ4n) is 1.95. The molecule has 1 aliphatic rings. The molecule has 1 heterocycles. The van der Waals surface area contributed by atoms with Crippen molar-refractivity contribution in [3.8, 4) is 5.75 Å². The van der Waals surface area contributed by atoms with Gasteiger partial charge in [0.15, 0.2) is 0 Å². The molecular weight excluding hydrogens is 241 g/mol. The maximum absolute atomic E-state index is 13.6. The summed E-state index contributed by atoms with van der Waals surface area (Å²) in [4.78, 5) is 0. The van der Waals surface area contributed by atoms with Crippen LogP contribution in [0.3, 0.4) is 0 Å². The molecule has 4 heteroatoms. The average Bonchev–Trinajstić information content (AvgIpc) is 2.34. The minimum absolute atomic E-state index is 0.356. The van der Waals surface area contributed by atoms with Crippen molar-refractivity contribution in [3.63, 3.8) is 0 Å². The van der Waals surface area contributed by atoms with Crippen molar-refractivity contribution in [3.05, 3.63) is 28.8 Å². The van der Waals surface area contributed by atoms with Gasteiger partial charge >= 0.3 is 0 Å². The molecule has 2 atom stereocenters. The van der Waals surface area contributed by atoms with Gasteiger partial charge in [-0.2, -0.15) is 0 Å². The van der Waals surface area contributed by atoms with E-state index in [1.54, 1.807) is 0 Å². The third-order valence-corrected chi connectivity index (χ3v) is 3.33. The molecule has 17 heavy (non-hydrogen) atoms. The second-order valence-corrected chi connectivity index (χ2v) is 4.69. The average molecular weight is 258 g/mol. The number of hydrogen-bond acceptors (Lipinski definition) is 2. The van der Waals surface area contributed by atoms with Gasteiger partial charge in [0.2, 0.25) is 0 Å². The van der Waals surface area contributed by atoms with Gasteiger partial charge in [-0.3, -0.25) is 0 Å². The smallest absolute Gasteiger partial charge is 0.149 e. The summed E-state index contributed by atoms with van der Waals surface area (Å²) in [6.45, 7) is 3.21. The number of hydrogen-bond donors (Lipinski definition) is 1. The molecule has 1 N–H and O–H groups in total. The van der Waals surface area contributed by atoms with Crippen molar-refractivity contribution in [2.45, 2.75) is 32.0 Å². The van der Waals surface area contributed by atoms with Gasteiger partial charge in [0.05, 0.1) is 5.02 Å². The van der Waals surface area contributed by atoms with E-state index in [2.05, 4.69) is 12.2 Å². The summed E-state index contributed by atoms with van der Waals surface area (Å²) in [5, 5.41) is 3.56. The van der Waals surface area contributed by atoms with Gasteiger partial charge in [0, 0.05) is 6.54 Å². The lowest BCUT2D eigenvalue weighted by atomic mass is 10.1. The Bertz CT molecular complexity index is 386. The first-order valence-corrected chi connectivity index (χ1v) is 6.38. The summed E-state index contributed by atoms with van der Waals surface area (Å²) in [5.41, 5.74) is 1.16. The van der Waals surface area contributed by atoms with Gasteiger partial charge in [0.25, 0.3) is 0 Å². The number of piperidine rings is 1. The molecule has 94 valence electrons. The number of ether oxygens (including phenoxy) is 1. The van der Waals surface area contributed by atoms with Crippen molar-refractivity contribution in [1.82, 2.24) is 5.32 Å². The molecule has 1 fully saturated rings. The van der Waals surface area contributed by atoms with E-state index in [-0.39, 0.29) is 6.10 Å². The van der Waals surface area contributed by atoms with Crippen LogP contribution in [0, 0.1) is 0 Å². The molecule has 1 aliphatic heterocycles. The van der Waals surface area contributed by atoms with E-state index in [1.807, 2.05) is 18.2 Å². The predicted octanol–water partition coefficient (Wildman–Crippen LogP) is 2.98.